The molecule has 0 spiro atoms. The Bertz CT molecular complexity index is 350. The van der Waals surface area contributed by atoms with Gasteiger partial charge in [-0.15, -0.1) is 0 Å². The van der Waals surface area contributed by atoms with E-state index in [1.165, 1.54) is 44.1 Å². The second-order valence-corrected chi connectivity index (χ2v) is 5.30. The summed E-state index contributed by atoms with van der Waals surface area (Å²) >= 11 is 0. The van der Waals surface area contributed by atoms with Crippen molar-refractivity contribution in [3.63, 3.8) is 0 Å². The predicted octanol–water partition coefficient (Wildman–Crippen LogP) is 4.57. The van der Waals surface area contributed by atoms with E-state index in [0.717, 1.165) is 23.7 Å². The summed E-state index contributed by atoms with van der Waals surface area (Å²) in [4.78, 5) is 10.6. The van der Waals surface area contributed by atoms with Crippen molar-refractivity contribution in [1.29, 1.82) is 0 Å². The molecule has 0 heterocycles. The third kappa shape index (κ3) is 3.18. The summed E-state index contributed by atoms with van der Waals surface area (Å²) in [7, 11) is 0. The van der Waals surface area contributed by atoms with Crippen molar-refractivity contribution in [1.82, 2.24) is 0 Å². The molecule has 2 atom stereocenters. The standard InChI is InChI=1S/C16H22O/c1-2-4-13-5-3-6-16(11-13)15-9-7-14(12-17)8-10-15/h7-10,12-13,16H,2-6,11H2,1H3. The predicted molar refractivity (Wildman–Crippen MR) is 71.4 cm³/mol. The zero-order chi connectivity index (χ0) is 12.1. The van der Waals surface area contributed by atoms with Crippen molar-refractivity contribution in [2.45, 2.75) is 51.4 Å². The Labute approximate surface area is 104 Å². The SMILES string of the molecule is CCCC1CCCC(c2ccc(C=O)cc2)C1. The molecule has 0 bridgehead atoms. The molecule has 1 aliphatic carbocycles. The lowest BCUT2D eigenvalue weighted by atomic mass is 9.76. The van der Waals surface area contributed by atoms with Gasteiger partial charge in [0.15, 0.2) is 0 Å². The van der Waals surface area contributed by atoms with Crippen molar-refractivity contribution < 1.29 is 4.79 Å². The van der Waals surface area contributed by atoms with Gasteiger partial charge in [0, 0.05) is 5.56 Å². The zero-order valence-corrected chi connectivity index (χ0v) is 10.7. The minimum atomic E-state index is 0.723. The maximum atomic E-state index is 10.6. The molecular weight excluding hydrogens is 208 g/mol. The van der Waals surface area contributed by atoms with Gasteiger partial charge in [0.1, 0.15) is 6.29 Å². The van der Waals surface area contributed by atoms with Crippen molar-refractivity contribution >= 4 is 6.29 Å². The maximum Gasteiger partial charge on any atom is 0.150 e. The highest BCUT2D eigenvalue weighted by atomic mass is 16.1. The molecule has 0 N–H and O–H groups in total. The Morgan fingerprint density at radius 2 is 2.00 bits per heavy atom. The third-order valence-electron chi connectivity index (χ3n) is 4.02. The highest BCUT2D eigenvalue weighted by Gasteiger charge is 2.22. The second kappa shape index (κ2) is 6.00. The molecule has 2 rings (SSSR count). The molecule has 0 saturated heterocycles. The van der Waals surface area contributed by atoms with E-state index >= 15 is 0 Å². The van der Waals surface area contributed by atoms with Crippen LogP contribution in [0.3, 0.4) is 0 Å². The van der Waals surface area contributed by atoms with Crippen LogP contribution in [0.5, 0.6) is 0 Å². The molecule has 1 nitrogen and oxygen atoms in total. The Morgan fingerprint density at radius 1 is 1.24 bits per heavy atom. The largest absolute Gasteiger partial charge is 0.298 e. The van der Waals surface area contributed by atoms with Crippen LogP contribution in [-0.4, -0.2) is 6.29 Å². The molecule has 1 saturated carbocycles. The van der Waals surface area contributed by atoms with Crippen LogP contribution in [-0.2, 0) is 0 Å². The number of carbonyl (C=O) groups excluding carboxylic acids is 1. The average Bonchev–Trinajstić information content (AvgIpc) is 2.40. The van der Waals surface area contributed by atoms with E-state index in [1.54, 1.807) is 0 Å². The Balaban J connectivity index is 2.02. The van der Waals surface area contributed by atoms with E-state index in [1.807, 2.05) is 12.1 Å². The van der Waals surface area contributed by atoms with Gasteiger partial charge in [-0.2, -0.15) is 0 Å². The lowest BCUT2D eigenvalue weighted by Gasteiger charge is -2.29. The van der Waals surface area contributed by atoms with E-state index in [0.29, 0.717) is 0 Å². The molecule has 1 heteroatoms. The number of rotatable bonds is 4. The third-order valence-corrected chi connectivity index (χ3v) is 4.02. The van der Waals surface area contributed by atoms with Crippen LogP contribution >= 0.6 is 0 Å². The zero-order valence-electron chi connectivity index (χ0n) is 10.7. The molecule has 0 radical (unpaired) electrons. The van der Waals surface area contributed by atoms with Gasteiger partial charge in [-0.25, -0.2) is 0 Å². The van der Waals surface area contributed by atoms with Crippen LogP contribution in [0.1, 0.15) is 67.3 Å². The minimum absolute atomic E-state index is 0.723. The van der Waals surface area contributed by atoms with Gasteiger partial charge in [-0.3, -0.25) is 4.79 Å². The molecule has 1 aliphatic rings. The molecule has 1 aromatic rings. The van der Waals surface area contributed by atoms with Crippen LogP contribution in [0.25, 0.3) is 0 Å². The molecule has 0 aliphatic heterocycles. The first-order chi connectivity index (χ1) is 8.33. The van der Waals surface area contributed by atoms with Crippen LogP contribution < -0.4 is 0 Å². The number of aldehydes is 1. The average molecular weight is 230 g/mol. The van der Waals surface area contributed by atoms with Crippen molar-refractivity contribution in [2.75, 3.05) is 0 Å². The Kier molecular flexibility index (Phi) is 4.36. The monoisotopic (exact) mass is 230 g/mol. The van der Waals surface area contributed by atoms with E-state index in [4.69, 9.17) is 0 Å². The number of hydrogen-bond acceptors (Lipinski definition) is 1. The van der Waals surface area contributed by atoms with Crippen molar-refractivity contribution in [2.24, 2.45) is 5.92 Å². The molecule has 1 fully saturated rings. The second-order valence-electron chi connectivity index (χ2n) is 5.30. The normalized spacial score (nSPS) is 24.5. The summed E-state index contributed by atoms with van der Waals surface area (Å²) in [5, 5.41) is 0. The van der Waals surface area contributed by atoms with Crippen molar-refractivity contribution in [3.8, 4) is 0 Å². The van der Waals surface area contributed by atoms with E-state index in [2.05, 4.69) is 19.1 Å². The van der Waals surface area contributed by atoms with Gasteiger partial charge >= 0.3 is 0 Å². The topological polar surface area (TPSA) is 17.1 Å². The van der Waals surface area contributed by atoms with E-state index < -0.39 is 0 Å². The van der Waals surface area contributed by atoms with Gasteiger partial charge in [0.2, 0.25) is 0 Å². The molecule has 92 valence electrons. The lowest BCUT2D eigenvalue weighted by molar-refractivity contribution is 0.112. The summed E-state index contributed by atoms with van der Waals surface area (Å²) < 4.78 is 0. The molecule has 2 unspecified atom stereocenters. The molecular formula is C16H22O. The summed E-state index contributed by atoms with van der Waals surface area (Å²) in [6.07, 6.45) is 9.05. The Hall–Kier alpha value is -1.11. The van der Waals surface area contributed by atoms with Crippen LogP contribution in [0.15, 0.2) is 24.3 Å². The summed E-state index contributed by atoms with van der Waals surface area (Å²) in [6.45, 7) is 2.28. The Morgan fingerprint density at radius 3 is 2.65 bits per heavy atom. The first-order valence-corrected chi connectivity index (χ1v) is 6.88. The van der Waals surface area contributed by atoms with Gasteiger partial charge in [-0.05, 0) is 30.2 Å². The number of carbonyl (C=O) groups is 1. The lowest BCUT2D eigenvalue weighted by Crippen LogP contribution is -2.14. The summed E-state index contributed by atoms with van der Waals surface area (Å²) in [6, 6.07) is 8.18. The fourth-order valence-electron chi connectivity index (χ4n) is 3.11. The first-order valence-electron chi connectivity index (χ1n) is 6.88. The fraction of sp³-hybridized carbons (Fsp3) is 0.562. The van der Waals surface area contributed by atoms with E-state index in [9.17, 15) is 4.79 Å². The van der Waals surface area contributed by atoms with Gasteiger partial charge < -0.3 is 0 Å². The molecule has 1 aromatic carbocycles. The van der Waals surface area contributed by atoms with E-state index in [-0.39, 0.29) is 0 Å². The van der Waals surface area contributed by atoms with Gasteiger partial charge in [0.25, 0.3) is 0 Å². The smallest absolute Gasteiger partial charge is 0.150 e. The first kappa shape index (κ1) is 12.3. The van der Waals surface area contributed by atoms with Gasteiger partial charge in [0.05, 0.1) is 0 Å². The summed E-state index contributed by atoms with van der Waals surface area (Å²) in [5.41, 5.74) is 2.21. The summed E-state index contributed by atoms with van der Waals surface area (Å²) in [5.74, 6) is 1.64. The molecule has 0 amide bonds. The van der Waals surface area contributed by atoms with Crippen LogP contribution in [0.4, 0.5) is 0 Å². The maximum absolute atomic E-state index is 10.6. The van der Waals surface area contributed by atoms with Crippen LogP contribution in [0.2, 0.25) is 0 Å². The van der Waals surface area contributed by atoms with Crippen molar-refractivity contribution in [3.05, 3.63) is 35.4 Å². The van der Waals surface area contributed by atoms with Crippen LogP contribution in [0, 0.1) is 5.92 Å². The number of hydrogen-bond donors (Lipinski definition) is 0. The fourth-order valence-corrected chi connectivity index (χ4v) is 3.11. The molecule has 17 heavy (non-hydrogen) atoms. The van der Waals surface area contributed by atoms with Gasteiger partial charge in [-0.1, -0.05) is 56.9 Å². The highest BCUT2D eigenvalue weighted by molar-refractivity contribution is 5.74. The number of benzene rings is 1. The minimum Gasteiger partial charge on any atom is -0.298 e. The highest BCUT2D eigenvalue weighted by Crippen LogP contribution is 2.37. The molecule has 0 aromatic heterocycles. The quantitative estimate of drug-likeness (QED) is 0.692.